The van der Waals surface area contributed by atoms with Crippen LogP contribution in [0.1, 0.15) is 32.6 Å². The van der Waals surface area contributed by atoms with Gasteiger partial charge >= 0.3 is 0 Å². The van der Waals surface area contributed by atoms with Crippen molar-refractivity contribution >= 4 is 32.7 Å². The van der Waals surface area contributed by atoms with E-state index in [4.69, 9.17) is 8.92 Å². The number of thioether (sulfide) groups is 1. The van der Waals surface area contributed by atoms with Gasteiger partial charge in [0.2, 0.25) is 0 Å². The molecule has 0 bridgehead atoms. The lowest BCUT2D eigenvalue weighted by Crippen LogP contribution is -2.04. The number of benzene rings is 2. The van der Waals surface area contributed by atoms with Crippen LogP contribution in [0.15, 0.2) is 41.3 Å². The summed E-state index contributed by atoms with van der Waals surface area (Å²) < 4.78 is 32.2. The van der Waals surface area contributed by atoms with Crippen LogP contribution in [0.2, 0.25) is 0 Å². The minimum absolute atomic E-state index is 0.262. The zero-order valence-electron chi connectivity index (χ0n) is 14.9. The predicted molar refractivity (Wildman–Crippen MR) is 105 cm³/mol. The van der Waals surface area contributed by atoms with Crippen LogP contribution in [0.5, 0.6) is 5.75 Å². The molecule has 0 saturated carbocycles. The standard InChI is InChI=1S/C19H26O4S2/c1-3-4-11-22-18-9-7-17-15-19(10-8-16(17)14-18)24-13-6-5-12-23-25(2,20)21/h7-10,14-15H,3-6,11-13H2,1-2H3. The van der Waals surface area contributed by atoms with E-state index in [0.29, 0.717) is 0 Å². The second kappa shape index (κ2) is 10.0. The third-order valence-electron chi connectivity index (χ3n) is 3.65. The van der Waals surface area contributed by atoms with Crippen molar-refractivity contribution in [3.63, 3.8) is 0 Å². The van der Waals surface area contributed by atoms with Crippen LogP contribution in [0.25, 0.3) is 10.8 Å². The summed E-state index contributed by atoms with van der Waals surface area (Å²) in [5, 5.41) is 2.38. The Morgan fingerprint density at radius 1 is 0.960 bits per heavy atom. The Hall–Kier alpha value is -1.24. The van der Waals surface area contributed by atoms with E-state index in [-0.39, 0.29) is 6.61 Å². The van der Waals surface area contributed by atoms with Crippen LogP contribution >= 0.6 is 11.8 Å². The summed E-state index contributed by atoms with van der Waals surface area (Å²) in [4.78, 5) is 1.22. The van der Waals surface area contributed by atoms with Gasteiger partial charge in [0.05, 0.1) is 19.5 Å². The first-order valence-electron chi connectivity index (χ1n) is 8.62. The second-order valence-corrected chi connectivity index (χ2v) is 8.77. The third kappa shape index (κ3) is 7.67. The minimum atomic E-state index is -3.32. The van der Waals surface area contributed by atoms with Gasteiger partial charge in [-0.2, -0.15) is 8.42 Å². The lowest BCUT2D eigenvalue weighted by Gasteiger charge is -2.08. The quantitative estimate of drug-likeness (QED) is 0.315. The molecule has 4 nitrogen and oxygen atoms in total. The van der Waals surface area contributed by atoms with E-state index >= 15 is 0 Å². The molecule has 0 saturated heterocycles. The molecular formula is C19H26O4S2. The van der Waals surface area contributed by atoms with Gasteiger partial charge in [-0.15, -0.1) is 11.8 Å². The molecule has 0 aliphatic rings. The van der Waals surface area contributed by atoms with Crippen LogP contribution in [-0.2, 0) is 14.3 Å². The number of hydrogen-bond donors (Lipinski definition) is 0. The molecule has 0 aliphatic heterocycles. The minimum Gasteiger partial charge on any atom is -0.494 e. The Morgan fingerprint density at radius 3 is 2.48 bits per heavy atom. The smallest absolute Gasteiger partial charge is 0.264 e. The Labute approximate surface area is 155 Å². The number of fused-ring (bicyclic) bond motifs is 1. The molecule has 0 spiro atoms. The van der Waals surface area contributed by atoms with Crippen molar-refractivity contribution in [1.29, 1.82) is 0 Å². The van der Waals surface area contributed by atoms with Crippen molar-refractivity contribution in [3.05, 3.63) is 36.4 Å². The maximum atomic E-state index is 10.9. The van der Waals surface area contributed by atoms with E-state index in [1.54, 1.807) is 11.8 Å². The Kier molecular flexibility index (Phi) is 8.06. The normalized spacial score (nSPS) is 11.8. The molecule has 0 aliphatic carbocycles. The van der Waals surface area contributed by atoms with Crippen LogP contribution in [0, 0.1) is 0 Å². The number of rotatable bonds is 11. The van der Waals surface area contributed by atoms with E-state index in [9.17, 15) is 8.42 Å². The average Bonchev–Trinajstić information content (AvgIpc) is 2.57. The monoisotopic (exact) mass is 382 g/mol. The van der Waals surface area contributed by atoms with E-state index < -0.39 is 10.1 Å². The highest BCUT2D eigenvalue weighted by Crippen LogP contribution is 2.27. The molecule has 0 heterocycles. The summed E-state index contributed by atoms with van der Waals surface area (Å²) >= 11 is 1.78. The molecule has 0 N–H and O–H groups in total. The first kappa shape index (κ1) is 20.1. The van der Waals surface area contributed by atoms with Gasteiger partial charge in [0.1, 0.15) is 5.75 Å². The van der Waals surface area contributed by atoms with Gasteiger partial charge in [0.15, 0.2) is 0 Å². The zero-order valence-corrected chi connectivity index (χ0v) is 16.5. The maximum Gasteiger partial charge on any atom is 0.264 e. The second-order valence-electron chi connectivity index (χ2n) is 5.95. The van der Waals surface area contributed by atoms with Crippen molar-refractivity contribution in [2.75, 3.05) is 25.2 Å². The largest absolute Gasteiger partial charge is 0.494 e. The maximum absolute atomic E-state index is 10.9. The molecule has 2 rings (SSSR count). The van der Waals surface area contributed by atoms with Crippen LogP contribution < -0.4 is 4.74 Å². The summed E-state index contributed by atoms with van der Waals surface area (Å²) in [6, 6.07) is 12.6. The molecule has 2 aromatic carbocycles. The molecule has 138 valence electrons. The summed E-state index contributed by atoms with van der Waals surface area (Å²) in [5.41, 5.74) is 0. The van der Waals surface area contributed by atoms with E-state index in [2.05, 4.69) is 37.3 Å². The molecule has 25 heavy (non-hydrogen) atoms. The molecule has 0 radical (unpaired) electrons. The molecule has 6 heteroatoms. The fraction of sp³-hybridized carbons (Fsp3) is 0.474. The van der Waals surface area contributed by atoms with E-state index in [1.165, 1.54) is 15.7 Å². The van der Waals surface area contributed by atoms with E-state index in [0.717, 1.165) is 50.0 Å². The van der Waals surface area contributed by atoms with Crippen molar-refractivity contribution in [1.82, 2.24) is 0 Å². The first-order chi connectivity index (χ1) is 12.0. The van der Waals surface area contributed by atoms with Crippen LogP contribution in [0.3, 0.4) is 0 Å². The number of hydrogen-bond acceptors (Lipinski definition) is 5. The predicted octanol–water partition coefficient (Wildman–Crippen LogP) is 4.87. The summed E-state index contributed by atoms with van der Waals surface area (Å²) in [6.07, 6.45) is 4.95. The van der Waals surface area contributed by atoms with Crippen LogP contribution in [-0.4, -0.2) is 33.6 Å². The summed E-state index contributed by atoms with van der Waals surface area (Å²) in [6.45, 7) is 3.18. The third-order valence-corrected chi connectivity index (χ3v) is 5.33. The molecule has 0 amide bonds. The van der Waals surface area contributed by atoms with E-state index in [1.807, 2.05) is 6.07 Å². The lowest BCUT2D eigenvalue weighted by atomic mass is 10.1. The van der Waals surface area contributed by atoms with Gasteiger partial charge in [-0.25, -0.2) is 0 Å². The van der Waals surface area contributed by atoms with Gasteiger partial charge in [0, 0.05) is 4.90 Å². The van der Waals surface area contributed by atoms with Gasteiger partial charge in [0.25, 0.3) is 10.1 Å². The average molecular weight is 383 g/mol. The Morgan fingerprint density at radius 2 is 1.72 bits per heavy atom. The molecule has 0 atom stereocenters. The first-order valence-corrected chi connectivity index (χ1v) is 11.4. The highest BCUT2D eigenvalue weighted by molar-refractivity contribution is 7.99. The van der Waals surface area contributed by atoms with Gasteiger partial charge < -0.3 is 4.74 Å². The van der Waals surface area contributed by atoms with Gasteiger partial charge in [-0.05, 0) is 60.1 Å². The van der Waals surface area contributed by atoms with Crippen molar-refractivity contribution in [2.24, 2.45) is 0 Å². The number of ether oxygens (including phenoxy) is 1. The topological polar surface area (TPSA) is 52.6 Å². The Bertz CT molecular complexity index is 772. The van der Waals surface area contributed by atoms with Crippen molar-refractivity contribution in [3.8, 4) is 5.75 Å². The molecule has 0 fully saturated rings. The lowest BCUT2D eigenvalue weighted by molar-refractivity contribution is 0.310. The zero-order chi connectivity index (χ0) is 18.1. The highest BCUT2D eigenvalue weighted by atomic mass is 32.2. The molecular weight excluding hydrogens is 356 g/mol. The molecule has 2 aromatic rings. The van der Waals surface area contributed by atoms with Crippen molar-refractivity contribution < 1.29 is 17.3 Å². The fourth-order valence-corrected chi connectivity index (χ4v) is 3.70. The van der Waals surface area contributed by atoms with Gasteiger partial charge in [-0.3, -0.25) is 4.18 Å². The Balaban J connectivity index is 1.81. The fourth-order valence-electron chi connectivity index (χ4n) is 2.32. The summed E-state index contributed by atoms with van der Waals surface area (Å²) in [7, 11) is -3.32. The highest BCUT2D eigenvalue weighted by Gasteiger charge is 2.02. The van der Waals surface area contributed by atoms with Crippen molar-refractivity contribution in [2.45, 2.75) is 37.5 Å². The summed E-state index contributed by atoms with van der Waals surface area (Å²) in [5.74, 6) is 1.86. The molecule has 0 aromatic heterocycles. The van der Waals surface area contributed by atoms with Gasteiger partial charge in [-0.1, -0.05) is 25.5 Å². The van der Waals surface area contributed by atoms with Crippen LogP contribution in [0.4, 0.5) is 0 Å². The molecule has 0 unspecified atom stereocenters. The SMILES string of the molecule is CCCCOc1ccc2cc(SCCCCOS(C)(=O)=O)ccc2c1. The number of unbranched alkanes of at least 4 members (excludes halogenated alkanes) is 2.